The lowest BCUT2D eigenvalue weighted by Gasteiger charge is -2.57. The topological polar surface area (TPSA) is 26.0 Å². The lowest BCUT2D eigenvalue weighted by molar-refractivity contribution is 0.0874. The molecule has 2 N–H and O–H groups in total. The number of allylic oxidation sites excluding steroid dienone is 7. The Balaban J connectivity index is 0.00000100. The molecule has 0 amide bonds. The van der Waals surface area contributed by atoms with Gasteiger partial charge in [0.15, 0.2) is 0 Å². The molecule has 39 heavy (non-hydrogen) atoms. The smallest absolute Gasteiger partial charge is 0.0309 e. The molecule has 0 heterocycles. The number of rotatable bonds is 5. The summed E-state index contributed by atoms with van der Waals surface area (Å²) in [6.45, 7) is 32.0. The predicted molar refractivity (Wildman–Crippen MR) is 175 cm³/mol. The summed E-state index contributed by atoms with van der Waals surface area (Å²) in [4.78, 5) is 0. The van der Waals surface area contributed by atoms with Gasteiger partial charge in [0.25, 0.3) is 0 Å². The summed E-state index contributed by atoms with van der Waals surface area (Å²) >= 11 is 0. The van der Waals surface area contributed by atoms with Gasteiger partial charge in [0.2, 0.25) is 0 Å². The summed E-state index contributed by atoms with van der Waals surface area (Å²) in [5, 5.41) is 0. The number of hydrogen-bond acceptors (Lipinski definition) is 1. The first kappa shape index (κ1) is 31.3. The van der Waals surface area contributed by atoms with Crippen molar-refractivity contribution in [2.24, 2.45) is 28.4 Å². The Morgan fingerprint density at radius 3 is 2.36 bits per heavy atom. The van der Waals surface area contributed by atoms with E-state index in [9.17, 15) is 0 Å². The van der Waals surface area contributed by atoms with Gasteiger partial charge in [-0.05, 0) is 120 Å². The molecule has 214 valence electrons. The maximum absolute atomic E-state index is 6.84. The van der Waals surface area contributed by atoms with Gasteiger partial charge in [-0.1, -0.05) is 111 Å². The number of unbranched alkanes of at least 4 members (excludes halogenated alkanes) is 2. The van der Waals surface area contributed by atoms with Gasteiger partial charge in [0, 0.05) is 5.70 Å². The molecule has 4 aliphatic rings. The van der Waals surface area contributed by atoms with Crippen molar-refractivity contribution in [1.82, 2.24) is 0 Å². The van der Waals surface area contributed by atoms with Crippen LogP contribution in [0.5, 0.6) is 0 Å². The summed E-state index contributed by atoms with van der Waals surface area (Å²) in [6.07, 6.45) is 11.3. The van der Waals surface area contributed by atoms with E-state index in [0.717, 1.165) is 31.4 Å². The van der Waals surface area contributed by atoms with Crippen LogP contribution >= 0.6 is 0 Å². The second kappa shape index (κ2) is 12.1. The van der Waals surface area contributed by atoms with E-state index >= 15 is 0 Å². The molecule has 0 saturated carbocycles. The van der Waals surface area contributed by atoms with Gasteiger partial charge in [0.05, 0.1) is 0 Å². The Morgan fingerprint density at radius 1 is 1.05 bits per heavy atom. The number of benzene rings is 1. The number of nitrogens with two attached hydrogens (primary N) is 1. The Morgan fingerprint density at radius 2 is 1.72 bits per heavy atom. The minimum Gasteiger partial charge on any atom is -0.399 e. The normalized spacial score (nSPS) is 30.0. The Bertz CT molecular complexity index is 1220. The van der Waals surface area contributed by atoms with E-state index in [1.165, 1.54) is 70.2 Å². The molecule has 4 atom stereocenters. The fourth-order valence-corrected chi connectivity index (χ4v) is 8.32. The molecule has 1 aromatic carbocycles. The van der Waals surface area contributed by atoms with Crippen molar-refractivity contribution in [3.8, 4) is 0 Å². The Kier molecular flexibility index (Phi) is 9.67. The zero-order valence-electron chi connectivity index (χ0n) is 27.0. The van der Waals surface area contributed by atoms with Gasteiger partial charge in [-0.3, -0.25) is 0 Å². The molecule has 0 saturated heterocycles. The maximum atomic E-state index is 6.84. The molecule has 0 spiro atoms. The molecular formula is C38H57N. The molecule has 1 aromatic rings. The van der Waals surface area contributed by atoms with Crippen molar-refractivity contribution in [3.63, 3.8) is 0 Å². The van der Waals surface area contributed by atoms with Gasteiger partial charge < -0.3 is 5.73 Å². The molecule has 0 aromatic heterocycles. The lowest BCUT2D eigenvalue weighted by atomic mass is 9.46. The molecule has 4 unspecified atom stereocenters. The number of hydrogen-bond donors (Lipinski definition) is 1. The summed E-state index contributed by atoms with van der Waals surface area (Å²) in [7, 11) is 0. The lowest BCUT2D eigenvalue weighted by Crippen LogP contribution is -2.48. The third kappa shape index (κ3) is 5.05. The molecule has 1 heteroatoms. The minimum atomic E-state index is 0.120. The van der Waals surface area contributed by atoms with Crippen LogP contribution in [0.3, 0.4) is 0 Å². The van der Waals surface area contributed by atoms with E-state index in [1.807, 2.05) is 27.7 Å². The monoisotopic (exact) mass is 527 g/mol. The SMILES string of the molecule is C=C(CCCCC)c1ccc2c3c1CC1(C)CC4C(C)C(C)=C(CC4(C)C(C)=C1C3=C)/C(N)=C\C2.CC.CC. The van der Waals surface area contributed by atoms with Crippen LogP contribution < -0.4 is 5.73 Å². The summed E-state index contributed by atoms with van der Waals surface area (Å²) in [5.74, 6) is 1.16. The van der Waals surface area contributed by atoms with Gasteiger partial charge in [-0.25, -0.2) is 0 Å². The predicted octanol–water partition coefficient (Wildman–Crippen LogP) is 11.0. The van der Waals surface area contributed by atoms with E-state index in [2.05, 4.69) is 66.3 Å². The van der Waals surface area contributed by atoms with E-state index in [-0.39, 0.29) is 10.8 Å². The van der Waals surface area contributed by atoms with Crippen LogP contribution in [0.1, 0.15) is 130 Å². The molecule has 5 rings (SSSR count). The van der Waals surface area contributed by atoms with Crippen LogP contribution in [0, 0.1) is 22.7 Å². The highest BCUT2D eigenvalue weighted by Crippen LogP contribution is 2.65. The average Bonchev–Trinajstić information content (AvgIpc) is 2.92. The van der Waals surface area contributed by atoms with Crippen LogP contribution in [-0.4, -0.2) is 0 Å². The van der Waals surface area contributed by atoms with Crippen LogP contribution in [0.15, 0.2) is 59.4 Å². The van der Waals surface area contributed by atoms with Gasteiger partial charge in [0.1, 0.15) is 0 Å². The van der Waals surface area contributed by atoms with Crippen molar-refractivity contribution < 1.29 is 0 Å². The van der Waals surface area contributed by atoms with Crippen molar-refractivity contribution in [1.29, 1.82) is 0 Å². The summed E-state index contributed by atoms with van der Waals surface area (Å²) < 4.78 is 0. The zero-order valence-corrected chi connectivity index (χ0v) is 27.0. The highest BCUT2D eigenvalue weighted by atomic mass is 14.6. The van der Waals surface area contributed by atoms with E-state index < -0.39 is 0 Å². The highest BCUT2D eigenvalue weighted by Gasteiger charge is 2.54. The average molecular weight is 528 g/mol. The van der Waals surface area contributed by atoms with Crippen molar-refractivity contribution in [3.05, 3.63) is 81.6 Å². The van der Waals surface area contributed by atoms with E-state index in [0.29, 0.717) is 11.8 Å². The van der Waals surface area contributed by atoms with Crippen LogP contribution in [-0.2, 0) is 12.8 Å². The molecule has 0 radical (unpaired) electrons. The van der Waals surface area contributed by atoms with Crippen LogP contribution in [0.4, 0.5) is 0 Å². The maximum Gasteiger partial charge on any atom is 0.0309 e. The first-order valence-corrected chi connectivity index (χ1v) is 15.9. The summed E-state index contributed by atoms with van der Waals surface area (Å²) in [6, 6.07) is 4.70. The fourth-order valence-electron chi connectivity index (χ4n) is 8.32. The van der Waals surface area contributed by atoms with Crippen molar-refractivity contribution >= 4 is 11.1 Å². The third-order valence-corrected chi connectivity index (χ3v) is 10.6. The fraction of sp³-hybridized carbons (Fsp3) is 0.579. The highest BCUT2D eigenvalue weighted by molar-refractivity contribution is 5.89. The van der Waals surface area contributed by atoms with Gasteiger partial charge in [-0.2, -0.15) is 0 Å². The Hall–Kier alpha value is -2.28. The third-order valence-electron chi connectivity index (χ3n) is 10.6. The summed E-state index contributed by atoms with van der Waals surface area (Å²) in [5.41, 5.74) is 22.3. The standard InChI is InChI=1S/C34H45N.2C2H6/c1-9-10-11-12-20(2)26-15-13-25-14-16-30(35)27-18-34(8)24(6)32-23(5)31(25)28(26)17-33(32,7)19-29(34)22(4)21(27)3;2*1-2/h13,15-16,22,29H,2,5,9-12,14,17-19,35H2,1,3-4,6-8H3;2*1-2H3/b30-16+;;. The van der Waals surface area contributed by atoms with Crippen LogP contribution in [0.2, 0.25) is 0 Å². The molecular weight excluding hydrogens is 470 g/mol. The second-order valence-corrected chi connectivity index (χ2v) is 12.6. The largest absolute Gasteiger partial charge is 0.399 e. The molecule has 0 fully saturated rings. The van der Waals surface area contributed by atoms with Crippen LogP contribution in [0.25, 0.3) is 11.1 Å². The first-order chi connectivity index (χ1) is 18.5. The van der Waals surface area contributed by atoms with E-state index in [4.69, 9.17) is 12.3 Å². The first-order valence-electron chi connectivity index (χ1n) is 15.9. The minimum absolute atomic E-state index is 0.120. The molecule has 4 aliphatic carbocycles. The molecule has 4 bridgehead atoms. The molecule has 1 nitrogen and oxygen atoms in total. The Labute approximate surface area is 241 Å². The molecule has 0 aliphatic heterocycles. The van der Waals surface area contributed by atoms with Crippen molar-refractivity contribution in [2.75, 3.05) is 0 Å². The zero-order chi connectivity index (χ0) is 29.3. The van der Waals surface area contributed by atoms with Gasteiger partial charge >= 0.3 is 0 Å². The second-order valence-electron chi connectivity index (χ2n) is 12.6. The van der Waals surface area contributed by atoms with Gasteiger partial charge in [-0.15, -0.1) is 0 Å². The number of fused-ring (bicyclic) bond motifs is 1. The van der Waals surface area contributed by atoms with E-state index in [1.54, 1.807) is 11.1 Å². The quantitative estimate of drug-likeness (QED) is 0.379. The van der Waals surface area contributed by atoms with Crippen molar-refractivity contribution in [2.45, 2.75) is 121 Å².